The van der Waals surface area contributed by atoms with Gasteiger partial charge in [-0.2, -0.15) is 0 Å². The second-order valence-electron chi connectivity index (χ2n) is 6.30. The van der Waals surface area contributed by atoms with E-state index in [2.05, 4.69) is 4.90 Å². The lowest BCUT2D eigenvalue weighted by Crippen LogP contribution is -2.52. The Kier molecular flexibility index (Phi) is 6.66. The number of halogens is 1. The van der Waals surface area contributed by atoms with Crippen molar-refractivity contribution in [3.63, 3.8) is 0 Å². The number of hydrogen-bond donors (Lipinski definition) is 0. The van der Waals surface area contributed by atoms with E-state index in [0.717, 1.165) is 10.7 Å². The summed E-state index contributed by atoms with van der Waals surface area (Å²) in [6, 6.07) is 2.85. The van der Waals surface area contributed by atoms with Crippen LogP contribution in [0.4, 0.5) is 4.79 Å². The van der Waals surface area contributed by atoms with E-state index in [1.165, 1.54) is 0 Å². The van der Waals surface area contributed by atoms with Gasteiger partial charge in [0.05, 0.1) is 12.8 Å². The molecule has 1 atom stereocenters. The predicted octanol–water partition coefficient (Wildman–Crippen LogP) is 1.02. The van der Waals surface area contributed by atoms with Crippen molar-refractivity contribution in [2.75, 3.05) is 39.3 Å². The van der Waals surface area contributed by atoms with Crippen molar-refractivity contribution in [1.82, 2.24) is 19.6 Å². The van der Waals surface area contributed by atoms with E-state index in [0.29, 0.717) is 39.3 Å². The van der Waals surface area contributed by atoms with Gasteiger partial charge in [0.25, 0.3) is 5.91 Å². The molecule has 3 rings (SSSR count). The minimum absolute atomic E-state index is 0. The lowest BCUT2D eigenvalue weighted by Gasteiger charge is -2.34. The maximum Gasteiger partial charge on any atom is 0.328 e. The number of nitrogens with zero attached hydrogens (tertiary/aromatic N) is 4. The first-order valence-electron chi connectivity index (χ1n) is 8.69. The Hall–Kier alpha value is -2.06. The summed E-state index contributed by atoms with van der Waals surface area (Å²) in [5, 5.41) is 0. The number of carbonyl (C=O) groups excluding carboxylic acids is 3. The summed E-state index contributed by atoms with van der Waals surface area (Å²) in [7, 11) is 0. The summed E-state index contributed by atoms with van der Waals surface area (Å²) in [6.07, 6.45) is 1.62. The van der Waals surface area contributed by atoms with Crippen LogP contribution < -0.4 is 0 Å². The SMILES string of the molecule is CCN(CC)C(=O)CN1C(=O)C2CN(Cc3ccco3)CCN2C1=O.Cl. The van der Waals surface area contributed by atoms with E-state index in [4.69, 9.17) is 4.42 Å². The van der Waals surface area contributed by atoms with Crippen LogP contribution in [0.15, 0.2) is 22.8 Å². The average molecular weight is 385 g/mol. The topological polar surface area (TPSA) is 77.3 Å². The van der Waals surface area contributed by atoms with Crippen molar-refractivity contribution >= 4 is 30.3 Å². The molecule has 8 nitrogen and oxygen atoms in total. The standard InChI is InChI=1S/C17H24N4O4.ClH/c1-3-19(4-2)15(22)12-21-16(23)14-11-18(7-8-20(14)17(21)24)10-13-6-5-9-25-13;/h5-6,9,14H,3-4,7-8,10-12H2,1-2H3;1H. The fourth-order valence-electron chi connectivity index (χ4n) is 3.43. The fourth-order valence-corrected chi connectivity index (χ4v) is 3.43. The van der Waals surface area contributed by atoms with Crippen LogP contribution in [0.2, 0.25) is 0 Å². The van der Waals surface area contributed by atoms with E-state index < -0.39 is 6.04 Å². The molecule has 0 aliphatic carbocycles. The summed E-state index contributed by atoms with van der Waals surface area (Å²) in [6.45, 7) is 6.93. The first-order chi connectivity index (χ1) is 12.0. The molecule has 3 heterocycles. The zero-order chi connectivity index (χ0) is 18.0. The van der Waals surface area contributed by atoms with Crippen LogP contribution in [0.3, 0.4) is 0 Å². The van der Waals surface area contributed by atoms with Gasteiger partial charge >= 0.3 is 6.03 Å². The molecule has 9 heteroatoms. The molecule has 0 N–H and O–H groups in total. The number of imide groups is 1. The van der Waals surface area contributed by atoms with Crippen molar-refractivity contribution in [3.8, 4) is 0 Å². The summed E-state index contributed by atoms with van der Waals surface area (Å²) < 4.78 is 5.35. The highest BCUT2D eigenvalue weighted by Crippen LogP contribution is 2.23. The van der Waals surface area contributed by atoms with Gasteiger partial charge in [-0.05, 0) is 26.0 Å². The highest BCUT2D eigenvalue weighted by atomic mass is 35.5. The Bertz CT molecular complexity index is 647. The molecule has 0 aromatic carbocycles. The molecule has 0 saturated carbocycles. The maximum absolute atomic E-state index is 12.7. The minimum Gasteiger partial charge on any atom is -0.468 e. The highest BCUT2D eigenvalue weighted by molar-refractivity contribution is 6.06. The summed E-state index contributed by atoms with van der Waals surface area (Å²) in [4.78, 5) is 43.9. The molecular formula is C17H25ClN4O4. The molecule has 1 unspecified atom stereocenters. The lowest BCUT2D eigenvalue weighted by molar-refractivity contribution is -0.137. The number of piperazine rings is 1. The predicted molar refractivity (Wildman–Crippen MR) is 96.8 cm³/mol. The molecule has 0 bridgehead atoms. The van der Waals surface area contributed by atoms with Crippen LogP contribution >= 0.6 is 12.4 Å². The van der Waals surface area contributed by atoms with Gasteiger partial charge in [-0.3, -0.25) is 19.4 Å². The third kappa shape index (κ3) is 3.86. The van der Waals surface area contributed by atoms with Crippen molar-refractivity contribution in [2.45, 2.75) is 26.4 Å². The zero-order valence-corrected chi connectivity index (χ0v) is 15.9. The van der Waals surface area contributed by atoms with Gasteiger partial charge in [0.15, 0.2) is 0 Å². The molecule has 1 aromatic rings. The Morgan fingerprint density at radius 2 is 2.00 bits per heavy atom. The highest BCUT2D eigenvalue weighted by Gasteiger charge is 2.48. The first-order valence-corrected chi connectivity index (χ1v) is 8.69. The molecule has 0 spiro atoms. The second kappa shape index (κ2) is 8.55. The van der Waals surface area contributed by atoms with Crippen LogP contribution in [0, 0.1) is 0 Å². The normalized spacial score (nSPS) is 20.2. The molecule has 0 radical (unpaired) electrons. The molecule has 2 aliphatic rings. The van der Waals surface area contributed by atoms with Gasteiger partial charge in [0.1, 0.15) is 18.3 Å². The number of carbonyl (C=O) groups is 3. The molecular weight excluding hydrogens is 360 g/mol. The summed E-state index contributed by atoms with van der Waals surface area (Å²) in [5.41, 5.74) is 0. The smallest absolute Gasteiger partial charge is 0.328 e. The third-order valence-corrected chi connectivity index (χ3v) is 4.86. The number of amides is 4. The van der Waals surface area contributed by atoms with Gasteiger partial charge in [0.2, 0.25) is 5.91 Å². The van der Waals surface area contributed by atoms with E-state index in [9.17, 15) is 14.4 Å². The van der Waals surface area contributed by atoms with Gasteiger partial charge in [-0.1, -0.05) is 0 Å². The zero-order valence-electron chi connectivity index (χ0n) is 15.1. The average Bonchev–Trinajstić information content (AvgIpc) is 3.19. The first kappa shape index (κ1) is 20.3. The van der Waals surface area contributed by atoms with E-state index in [1.54, 1.807) is 16.1 Å². The molecule has 144 valence electrons. The number of rotatable bonds is 6. The Morgan fingerprint density at radius 3 is 2.62 bits per heavy atom. The van der Waals surface area contributed by atoms with Crippen molar-refractivity contribution < 1.29 is 18.8 Å². The van der Waals surface area contributed by atoms with Crippen LogP contribution in [0.25, 0.3) is 0 Å². The Morgan fingerprint density at radius 1 is 1.27 bits per heavy atom. The molecule has 4 amide bonds. The van der Waals surface area contributed by atoms with Crippen molar-refractivity contribution in [3.05, 3.63) is 24.2 Å². The van der Waals surface area contributed by atoms with Crippen molar-refractivity contribution in [2.24, 2.45) is 0 Å². The largest absolute Gasteiger partial charge is 0.468 e. The van der Waals surface area contributed by atoms with Crippen LogP contribution in [-0.2, 0) is 16.1 Å². The van der Waals surface area contributed by atoms with Gasteiger partial charge in [-0.15, -0.1) is 12.4 Å². The molecule has 26 heavy (non-hydrogen) atoms. The molecule has 2 aliphatic heterocycles. The summed E-state index contributed by atoms with van der Waals surface area (Å²) in [5.74, 6) is 0.354. The van der Waals surface area contributed by atoms with E-state index in [-0.39, 0.29) is 36.8 Å². The van der Waals surface area contributed by atoms with Crippen LogP contribution in [0.1, 0.15) is 19.6 Å². The third-order valence-electron chi connectivity index (χ3n) is 4.86. The van der Waals surface area contributed by atoms with E-state index >= 15 is 0 Å². The Labute approximate surface area is 159 Å². The molecule has 2 fully saturated rings. The van der Waals surface area contributed by atoms with Gasteiger partial charge in [-0.25, -0.2) is 4.79 Å². The Balaban J connectivity index is 0.00000243. The monoisotopic (exact) mass is 384 g/mol. The number of fused-ring (bicyclic) bond motifs is 1. The fraction of sp³-hybridized carbons (Fsp3) is 0.588. The second-order valence-corrected chi connectivity index (χ2v) is 6.30. The van der Waals surface area contributed by atoms with Crippen LogP contribution in [0.5, 0.6) is 0 Å². The van der Waals surface area contributed by atoms with Crippen LogP contribution in [-0.4, -0.2) is 82.8 Å². The van der Waals surface area contributed by atoms with Crippen molar-refractivity contribution in [1.29, 1.82) is 0 Å². The lowest BCUT2D eigenvalue weighted by atomic mass is 10.2. The maximum atomic E-state index is 12.7. The number of likely N-dealkylation sites (N-methyl/N-ethyl adjacent to an activating group) is 1. The molecule has 1 aromatic heterocycles. The number of hydrogen-bond acceptors (Lipinski definition) is 5. The van der Waals surface area contributed by atoms with Gasteiger partial charge in [0, 0.05) is 32.7 Å². The number of urea groups is 1. The minimum atomic E-state index is -0.513. The summed E-state index contributed by atoms with van der Waals surface area (Å²) >= 11 is 0. The van der Waals surface area contributed by atoms with Gasteiger partial charge < -0.3 is 14.2 Å². The number of furan rings is 1. The molecule has 2 saturated heterocycles. The van der Waals surface area contributed by atoms with E-state index in [1.807, 2.05) is 26.0 Å². The quantitative estimate of drug-likeness (QED) is 0.684.